The molecule has 0 aliphatic carbocycles. The van der Waals surface area contributed by atoms with E-state index in [1.807, 2.05) is 48.5 Å². The maximum atomic E-state index is 12.6. The van der Waals surface area contributed by atoms with Crippen molar-refractivity contribution in [1.82, 2.24) is 5.01 Å². The Morgan fingerprint density at radius 1 is 1.15 bits per heavy atom. The van der Waals surface area contributed by atoms with Crippen LogP contribution in [-0.4, -0.2) is 29.7 Å². The van der Waals surface area contributed by atoms with E-state index < -0.39 is 5.97 Å². The average molecular weight is 430 g/mol. The predicted molar refractivity (Wildman–Crippen MR) is 102 cm³/mol. The summed E-state index contributed by atoms with van der Waals surface area (Å²) in [5.74, 6) is -0.846. The Hall–Kier alpha value is -2.67. The number of rotatable bonds is 6. The summed E-state index contributed by atoms with van der Waals surface area (Å²) >= 11 is 3.41. The largest absolute Gasteiger partial charge is 0.550 e. The molecule has 7 heteroatoms. The first-order chi connectivity index (χ1) is 13.0. The van der Waals surface area contributed by atoms with Gasteiger partial charge in [-0.05, 0) is 53.9 Å². The number of methoxy groups -OCH3 is 1. The molecule has 2 aromatic carbocycles. The molecule has 0 saturated carbocycles. The fourth-order valence-electron chi connectivity index (χ4n) is 2.97. The van der Waals surface area contributed by atoms with E-state index in [0.29, 0.717) is 6.42 Å². The molecule has 1 aliphatic heterocycles. The molecular formula is C20H18BrN2O4-. The predicted octanol–water partition coefficient (Wildman–Crippen LogP) is 2.67. The van der Waals surface area contributed by atoms with Crippen molar-refractivity contribution in [2.45, 2.75) is 25.3 Å². The molecule has 0 spiro atoms. The van der Waals surface area contributed by atoms with E-state index in [1.165, 1.54) is 5.01 Å². The van der Waals surface area contributed by atoms with Gasteiger partial charge in [0, 0.05) is 23.3 Å². The SMILES string of the molecule is COc1ccc(C2=NN(C(=O)CCC(=O)[O-])[C@H](c3ccc(Br)cc3)C2)cc1. The second-order valence-electron chi connectivity index (χ2n) is 6.16. The zero-order chi connectivity index (χ0) is 19.4. The van der Waals surface area contributed by atoms with Crippen molar-refractivity contribution in [2.75, 3.05) is 7.11 Å². The van der Waals surface area contributed by atoms with Crippen molar-refractivity contribution in [3.63, 3.8) is 0 Å². The minimum absolute atomic E-state index is 0.144. The van der Waals surface area contributed by atoms with Crippen LogP contribution >= 0.6 is 15.9 Å². The van der Waals surface area contributed by atoms with Gasteiger partial charge in [-0.1, -0.05) is 28.1 Å². The van der Waals surface area contributed by atoms with Crippen LogP contribution in [0.4, 0.5) is 0 Å². The summed E-state index contributed by atoms with van der Waals surface area (Å²) in [5.41, 5.74) is 2.60. The van der Waals surface area contributed by atoms with Crippen LogP contribution in [0.3, 0.4) is 0 Å². The van der Waals surface area contributed by atoms with Gasteiger partial charge in [-0.3, -0.25) is 4.79 Å². The van der Waals surface area contributed by atoms with Gasteiger partial charge in [0.1, 0.15) is 5.75 Å². The van der Waals surface area contributed by atoms with E-state index in [-0.39, 0.29) is 24.8 Å². The van der Waals surface area contributed by atoms with Crippen molar-refractivity contribution in [2.24, 2.45) is 5.10 Å². The minimum atomic E-state index is -1.25. The smallest absolute Gasteiger partial charge is 0.243 e. The number of halogens is 1. The van der Waals surface area contributed by atoms with Gasteiger partial charge in [-0.15, -0.1) is 0 Å². The Bertz CT molecular complexity index is 863. The minimum Gasteiger partial charge on any atom is -0.550 e. The van der Waals surface area contributed by atoms with E-state index in [4.69, 9.17) is 4.74 Å². The quantitative estimate of drug-likeness (QED) is 0.706. The van der Waals surface area contributed by atoms with Crippen LogP contribution in [0.5, 0.6) is 5.75 Å². The third-order valence-electron chi connectivity index (χ3n) is 4.39. The molecule has 140 valence electrons. The van der Waals surface area contributed by atoms with E-state index in [1.54, 1.807) is 7.11 Å². The number of hydrogen-bond donors (Lipinski definition) is 0. The Labute approximate surface area is 165 Å². The molecule has 0 bridgehead atoms. The summed E-state index contributed by atoms with van der Waals surface area (Å²) in [6.07, 6.45) is 0.0789. The van der Waals surface area contributed by atoms with Crippen LogP contribution in [0, 0.1) is 0 Å². The molecule has 0 aromatic heterocycles. The highest BCUT2D eigenvalue weighted by atomic mass is 79.9. The van der Waals surface area contributed by atoms with Gasteiger partial charge in [0.25, 0.3) is 0 Å². The third-order valence-corrected chi connectivity index (χ3v) is 4.92. The number of carbonyl (C=O) groups excluding carboxylic acids is 2. The standard InChI is InChI=1S/C20H19BrN2O4/c1-27-16-8-4-13(5-9-16)17-12-18(14-2-6-15(21)7-3-14)23(22-17)19(24)10-11-20(25)26/h2-9,18H,10-12H2,1H3,(H,25,26)/p-1/t18-/m0/s1. The number of carboxylic acid groups (broad SMARTS) is 1. The summed E-state index contributed by atoms with van der Waals surface area (Å²) < 4.78 is 6.12. The molecule has 27 heavy (non-hydrogen) atoms. The number of nitrogens with zero attached hydrogens (tertiary/aromatic N) is 2. The molecule has 1 amide bonds. The Morgan fingerprint density at radius 3 is 2.41 bits per heavy atom. The number of aliphatic carboxylic acids is 1. The number of hydrogen-bond acceptors (Lipinski definition) is 5. The Balaban J connectivity index is 1.88. The van der Waals surface area contributed by atoms with Crippen LogP contribution in [0.1, 0.15) is 36.4 Å². The molecule has 0 N–H and O–H groups in total. The van der Waals surface area contributed by atoms with Crippen molar-refractivity contribution in [3.05, 3.63) is 64.1 Å². The highest BCUT2D eigenvalue weighted by Gasteiger charge is 2.32. The summed E-state index contributed by atoms with van der Waals surface area (Å²) in [6.45, 7) is 0. The van der Waals surface area contributed by atoms with Gasteiger partial charge in [0.05, 0.1) is 18.9 Å². The Morgan fingerprint density at radius 2 is 1.81 bits per heavy atom. The second kappa shape index (κ2) is 8.35. The molecule has 1 heterocycles. The van der Waals surface area contributed by atoms with Gasteiger partial charge < -0.3 is 14.6 Å². The maximum absolute atomic E-state index is 12.6. The summed E-state index contributed by atoms with van der Waals surface area (Å²) in [4.78, 5) is 23.3. The lowest BCUT2D eigenvalue weighted by molar-refractivity contribution is -0.305. The fraction of sp³-hybridized carbons (Fsp3) is 0.250. The van der Waals surface area contributed by atoms with E-state index in [9.17, 15) is 14.7 Å². The monoisotopic (exact) mass is 429 g/mol. The topological polar surface area (TPSA) is 82.0 Å². The zero-order valence-electron chi connectivity index (χ0n) is 14.7. The lowest BCUT2D eigenvalue weighted by atomic mass is 9.98. The summed E-state index contributed by atoms with van der Waals surface area (Å²) in [6, 6.07) is 14.9. The summed E-state index contributed by atoms with van der Waals surface area (Å²) in [7, 11) is 1.60. The normalized spacial score (nSPS) is 16.1. The zero-order valence-corrected chi connectivity index (χ0v) is 16.3. The summed E-state index contributed by atoms with van der Waals surface area (Å²) in [5, 5.41) is 16.6. The molecule has 1 aliphatic rings. The number of ether oxygens (including phenoxy) is 1. The Kier molecular flexibility index (Phi) is 5.91. The molecular weight excluding hydrogens is 412 g/mol. The number of hydrazone groups is 1. The number of amides is 1. The van der Waals surface area contributed by atoms with E-state index >= 15 is 0 Å². The van der Waals surface area contributed by atoms with Gasteiger partial charge in [0.15, 0.2) is 0 Å². The molecule has 1 atom stereocenters. The first-order valence-electron chi connectivity index (χ1n) is 8.47. The fourth-order valence-corrected chi connectivity index (χ4v) is 3.23. The molecule has 3 rings (SSSR count). The van der Waals surface area contributed by atoms with Crippen molar-refractivity contribution in [1.29, 1.82) is 0 Å². The number of carbonyl (C=O) groups is 2. The van der Waals surface area contributed by atoms with Crippen LogP contribution in [0.25, 0.3) is 0 Å². The highest BCUT2D eigenvalue weighted by molar-refractivity contribution is 9.10. The van der Waals surface area contributed by atoms with Crippen LogP contribution in [-0.2, 0) is 9.59 Å². The first kappa shape index (κ1) is 19.1. The van der Waals surface area contributed by atoms with Crippen LogP contribution in [0.15, 0.2) is 58.1 Å². The first-order valence-corrected chi connectivity index (χ1v) is 9.26. The molecule has 6 nitrogen and oxygen atoms in total. The molecule has 0 fully saturated rings. The van der Waals surface area contributed by atoms with Gasteiger partial charge in [0.2, 0.25) is 5.91 Å². The van der Waals surface area contributed by atoms with Crippen LogP contribution < -0.4 is 9.84 Å². The van der Waals surface area contributed by atoms with E-state index in [2.05, 4.69) is 21.0 Å². The van der Waals surface area contributed by atoms with E-state index in [0.717, 1.165) is 27.1 Å². The maximum Gasteiger partial charge on any atom is 0.243 e. The van der Waals surface area contributed by atoms with Crippen molar-refractivity contribution in [3.8, 4) is 5.75 Å². The molecule has 0 saturated heterocycles. The second-order valence-corrected chi connectivity index (χ2v) is 7.07. The molecule has 0 radical (unpaired) electrons. The number of benzene rings is 2. The average Bonchev–Trinajstić information content (AvgIpc) is 3.12. The third kappa shape index (κ3) is 4.54. The lowest BCUT2D eigenvalue weighted by Gasteiger charge is -2.22. The van der Waals surface area contributed by atoms with Gasteiger partial charge >= 0.3 is 0 Å². The molecule has 0 unspecified atom stereocenters. The van der Waals surface area contributed by atoms with Crippen molar-refractivity contribution >= 4 is 33.5 Å². The van der Waals surface area contributed by atoms with Gasteiger partial charge in [-0.2, -0.15) is 5.10 Å². The van der Waals surface area contributed by atoms with Crippen molar-refractivity contribution < 1.29 is 19.4 Å². The van der Waals surface area contributed by atoms with Gasteiger partial charge in [-0.25, -0.2) is 5.01 Å². The lowest BCUT2D eigenvalue weighted by Crippen LogP contribution is -2.29. The van der Waals surface area contributed by atoms with Crippen LogP contribution in [0.2, 0.25) is 0 Å². The highest BCUT2D eigenvalue weighted by Crippen LogP contribution is 2.34. The molecule has 2 aromatic rings. The number of carboxylic acids is 1.